The molecule has 25 heavy (non-hydrogen) atoms. The van der Waals surface area contributed by atoms with Gasteiger partial charge in [-0.2, -0.15) is 4.31 Å². The number of hydrogen-bond donors (Lipinski definition) is 2. The number of hydrogen-bond acceptors (Lipinski definition) is 5. The van der Waals surface area contributed by atoms with E-state index in [0.29, 0.717) is 43.1 Å². The zero-order valence-electron chi connectivity index (χ0n) is 14.8. The van der Waals surface area contributed by atoms with Crippen LogP contribution in [0.15, 0.2) is 21.3 Å². The van der Waals surface area contributed by atoms with Crippen LogP contribution in [0.1, 0.15) is 25.1 Å². The largest absolute Gasteiger partial charge is 0.379 e. The molecular formula is C15H27IN4O3S2. The third-order valence-electron chi connectivity index (χ3n) is 3.85. The van der Waals surface area contributed by atoms with Crippen LogP contribution in [0.5, 0.6) is 0 Å². The maximum Gasteiger partial charge on any atom is 0.252 e. The Morgan fingerprint density at radius 1 is 1.40 bits per heavy atom. The van der Waals surface area contributed by atoms with Gasteiger partial charge in [-0.3, -0.25) is 4.99 Å². The molecule has 0 aliphatic carbocycles. The molecule has 1 aromatic heterocycles. The summed E-state index contributed by atoms with van der Waals surface area (Å²) in [4.78, 5) is 5.13. The van der Waals surface area contributed by atoms with E-state index in [2.05, 4.69) is 29.5 Å². The molecule has 2 rings (SSSR count). The van der Waals surface area contributed by atoms with Crippen molar-refractivity contribution >= 4 is 51.3 Å². The van der Waals surface area contributed by atoms with Crippen molar-refractivity contribution in [1.82, 2.24) is 14.9 Å². The van der Waals surface area contributed by atoms with Crippen LogP contribution in [0.4, 0.5) is 0 Å². The standard InChI is InChI=1S/C15H26N4O3S2.HI/c1-4-12(2)18-15(16-3)17-11-13-5-6-14(23-13)24(20,21)19-7-9-22-10-8-19;/h5-6,12H,4,7-11H2,1-3H3,(H2,16,17,18);1H. The molecule has 0 amide bonds. The summed E-state index contributed by atoms with van der Waals surface area (Å²) in [6.45, 7) is 6.48. The number of guanidine groups is 1. The third kappa shape index (κ3) is 6.35. The molecule has 7 nitrogen and oxygen atoms in total. The summed E-state index contributed by atoms with van der Waals surface area (Å²) in [5.74, 6) is 0.718. The van der Waals surface area contributed by atoms with E-state index in [1.807, 2.05) is 6.07 Å². The van der Waals surface area contributed by atoms with Gasteiger partial charge in [0, 0.05) is 31.1 Å². The molecule has 2 N–H and O–H groups in total. The van der Waals surface area contributed by atoms with Gasteiger partial charge in [0.25, 0.3) is 10.0 Å². The molecule has 1 aliphatic rings. The highest BCUT2D eigenvalue weighted by Crippen LogP contribution is 2.25. The highest BCUT2D eigenvalue weighted by molar-refractivity contribution is 14.0. The number of nitrogens with one attached hydrogen (secondary N) is 2. The van der Waals surface area contributed by atoms with Crippen LogP contribution in [0.3, 0.4) is 0 Å². The summed E-state index contributed by atoms with van der Waals surface area (Å²) in [6, 6.07) is 3.86. The minimum Gasteiger partial charge on any atom is -0.379 e. The molecule has 1 fully saturated rings. The van der Waals surface area contributed by atoms with Crippen LogP contribution in [-0.2, 0) is 21.3 Å². The first-order valence-corrected chi connectivity index (χ1v) is 10.4. The van der Waals surface area contributed by atoms with Gasteiger partial charge in [0.2, 0.25) is 0 Å². The lowest BCUT2D eigenvalue weighted by Gasteiger charge is -2.25. The minimum absolute atomic E-state index is 0. The van der Waals surface area contributed by atoms with Crippen molar-refractivity contribution in [2.24, 2.45) is 4.99 Å². The van der Waals surface area contributed by atoms with Gasteiger partial charge in [-0.15, -0.1) is 35.3 Å². The van der Waals surface area contributed by atoms with E-state index in [1.165, 1.54) is 15.6 Å². The first-order chi connectivity index (χ1) is 11.5. The second-order valence-corrected chi connectivity index (χ2v) is 8.95. The summed E-state index contributed by atoms with van der Waals surface area (Å²) in [6.07, 6.45) is 1.00. The van der Waals surface area contributed by atoms with Crippen molar-refractivity contribution < 1.29 is 13.2 Å². The summed E-state index contributed by atoms with van der Waals surface area (Å²) in [7, 11) is -1.69. The summed E-state index contributed by atoms with van der Waals surface area (Å²) in [5, 5.41) is 6.49. The molecule has 1 unspecified atom stereocenters. The van der Waals surface area contributed by atoms with Crippen molar-refractivity contribution in [3.63, 3.8) is 0 Å². The predicted molar refractivity (Wildman–Crippen MR) is 112 cm³/mol. The smallest absolute Gasteiger partial charge is 0.252 e. The Hall–Kier alpha value is -0.430. The number of morpholine rings is 1. The average Bonchev–Trinajstić information content (AvgIpc) is 3.09. The van der Waals surface area contributed by atoms with Crippen molar-refractivity contribution in [2.45, 2.75) is 37.1 Å². The van der Waals surface area contributed by atoms with Crippen LogP contribution in [0, 0.1) is 0 Å². The SMILES string of the molecule is CCC(C)NC(=NC)NCc1ccc(S(=O)(=O)N2CCOCC2)s1.I. The Bertz CT molecular complexity index is 657. The number of rotatable bonds is 6. The number of sulfonamides is 1. The van der Waals surface area contributed by atoms with E-state index in [-0.39, 0.29) is 24.0 Å². The van der Waals surface area contributed by atoms with Crippen LogP contribution in [-0.4, -0.2) is 58.1 Å². The Morgan fingerprint density at radius 3 is 2.68 bits per heavy atom. The predicted octanol–water partition coefficient (Wildman–Crippen LogP) is 1.85. The van der Waals surface area contributed by atoms with E-state index in [1.54, 1.807) is 13.1 Å². The number of thiophene rings is 1. The molecule has 0 radical (unpaired) electrons. The summed E-state index contributed by atoms with van der Waals surface area (Å²) in [5.41, 5.74) is 0. The highest BCUT2D eigenvalue weighted by Gasteiger charge is 2.27. The van der Waals surface area contributed by atoms with Crippen molar-refractivity contribution in [1.29, 1.82) is 0 Å². The third-order valence-corrected chi connectivity index (χ3v) is 7.30. The lowest BCUT2D eigenvalue weighted by atomic mass is 10.3. The summed E-state index contributed by atoms with van der Waals surface area (Å²) >= 11 is 1.29. The van der Waals surface area contributed by atoms with Gasteiger partial charge in [0.1, 0.15) is 4.21 Å². The van der Waals surface area contributed by atoms with Gasteiger partial charge in [0.05, 0.1) is 19.8 Å². The van der Waals surface area contributed by atoms with Crippen LogP contribution >= 0.6 is 35.3 Å². The summed E-state index contributed by atoms with van der Waals surface area (Å²) < 4.78 is 32.3. The van der Waals surface area contributed by atoms with Gasteiger partial charge in [0.15, 0.2) is 5.96 Å². The van der Waals surface area contributed by atoms with E-state index in [4.69, 9.17) is 4.74 Å². The van der Waals surface area contributed by atoms with Gasteiger partial charge < -0.3 is 15.4 Å². The lowest BCUT2D eigenvalue weighted by Crippen LogP contribution is -2.41. The molecule has 2 heterocycles. The van der Waals surface area contributed by atoms with Crippen molar-refractivity contribution in [3.8, 4) is 0 Å². The normalized spacial score (nSPS) is 17.6. The van der Waals surface area contributed by atoms with E-state index >= 15 is 0 Å². The Morgan fingerprint density at radius 2 is 2.08 bits per heavy atom. The van der Waals surface area contributed by atoms with Gasteiger partial charge in [-0.05, 0) is 25.5 Å². The van der Waals surface area contributed by atoms with Gasteiger partial charge >= 0.3 is 0 Å². The number of nitrogens with zero attached hydrogens (tertiary/aromatic N) is 2. The highest BCUT2D eigenvalue weighted by atomic mass is 127. The number of aliphatic imine (C=N–C) groups is 1. The van der Waals surface area contributed by atoms with E-state index in [9.17, 15) is 8.42 Å². The van der Waals surface area contributed by atoms with Crippen LogP contribution in [0.2, 0.25) is 0 Å². The second-order valence-electron chi connectivity index (χ2n) is 5.62. The number of halogens is 1. The Labute approximate surface area is 171 Å². The molecule has 1 aromatic rings. The maximum absolute atomic E-state index is 12.6. The van der Waals surface area contributed by atoms with Crippen LogP contribution < -0.4 is 10.6 Å². The van der Waals surface area contributed by atoms with Crippen molar-refractivity contribution in [2.75, 3.05) is 33.4 Å². The molecule has 0 aromatic carbocycles. The molecule has 0 spiro atoms. The van der Waals surface area contributed by atoms with Crippen molar-refractivity contribution in [3.05, 3.63) is 17.0 Å². The molecule has 1 aliphatic heterocycles. The second kappa shape index (κ2) is 10.7. The minimum atomic E-state index is -3.41. The fraction of sp³-hybridized carbons (Fsp3) is 0.667. The lowest BCUT2D eigenvalue weighted by molar-refractivity contribution is 0.0731. The molecule has 0 saturated carbocycles. The van der Waals surface area contributed by atoms with Gasteiger partial charge in [-0.25, -0.2) is 8.42 Å². The molecule has 1 saturated heterocycles. The topological polar surface area (TPSA) is 83.0 Å². The fourth-order valence-corrected chi connectivity index (χ4v) is 5.06. The quantitative estimate of drug-likeness (QED) is 0.353. The van der Waals surface area contributed by atoms with Crippen LogP contribution in [0.25, 0.3) is 0 Å². The number of ether oxygens (including phenoxy) is 1. The Kier molecular flexibility index (Phi) is 9.64. The first-order valence-electron chi connectivity index (χ1n) is 8.11. The molecule has 10 heteroatoms. The zero-order chi connectivity index (χ0) is 17.6. The molecule has 1 atom stereocenters. The zero-order valence-corrected chi connectivity index (χ0v) is 18.8. The molecule has 144 valence electrons. The maximum atomic E-state index is 12.6. The monoisotopic (exact) mass is 502 g/mol. The van der Waals surface area contributed by atoms with E-state index in [0.717, 1.165) is 17.3 Å². The average molecular weight is 502 g/mol. The van der Waals surface area contributed by atoms with Gasteiger partial charge in [-0.1, -0.05) is 6.92 Å². The molecule has 0 bridgehead atoms. The van der Waals surface area contributed by atoms with E-state index < -0.39 is 10.0 Å². The first kappa shape index (κ1) is 22.6. The molecular weight excluding hydrogens is 475 g/mol. The Balaban J connectivity index is 0.00000312. The fourth-order valence-electron chi connectivity index (χ4n) is 2.21.